The summed E-state index contributed by atoms with van der Waals surface area (Å²) in [5, 5.41) is 0. The van der Waals surface area contributed by atoms with Gasteiger partial charge in [-0.1, -0.05) is 56.4 Å². The Morgan fingerprint density at radius 1 is 1.16 bits per heavy atom. The van der Waals surface area contributed by atoms with Crippen molar-refractivity contribution in [3.8, 4) is 0 Å². The van der Waals surface area contributed by atoms with Gasteiger partial charge in [0.2, 0.25) is 0 Å². The van der Waals surface area contributed by atoms with E-state index >= 15 is 0 Å². The fraction of sp³-hybridized carbons (Fsp3) is 0.571. The first-order valence-electron chi connectivity index (χ1n) is 9.33. The normalized spacial score (nSPS) is 27.0. The van der Waals surface area contributed by atoms with Crippen molar-refractivity contribution in [2.45, 2.75) is 57.8 Å². The number of Topliss-reactive ketones (excluding diaryl/α,β-unsaturated/α-hetero) is 2. The summed E-state index contributed by atoms with van der Waals surface area (Å²) in [6.07, 6.45) is 6.56. The second kappa shape index (κ2) is 7.11. The number of ether oxygens (including phenoxy) is 1. The van der Waals surface area contributed by atoms with Crippen LogP contribution in [0.5, 0.6) is 0 Å². The van der Waals surface area contributed by atoms with Crippen LogP contribution in [-0.2, 0) is 19.7 Å². The Bertz CT molecular complexity index is 687. The van der Waals surface area contributed by atoms with Crippen LogP contribution in [0.25, 0.3) is 0 Å². The Morgan fingerprint density at radius 3 is 2.52 bits per heavy atom. The summed E-state index contributed by atoms with van der Waals surface area (Å²) in [6.45, 7) is 3.75. The summed E-state index contributed by atoms with van der Waals surface area (Å²) in [5.74, 6) is -2.27. The zero-order valence-electron chi connectivity index (χ0n) is 15.0. The molecule has 4 heteroatoms. The number of hydrogen-bond donors (Lipinski definition) is 0. The summed E-state index contributed by atoms with van der Waals surface area (Å²) in [4.78, 5) is 38.4. The molecular formula is C21H26O4. The molecule has 2 aliphatic rings. The van der Waals surface area contributed by atoms with Crippen LogP contribution < -0.4 is 0 Å². The highest BCUT2D eigenvalue weighted by Crippen LogP contribution is 2.44. The smallest absolute Gasteiger partial charge is 0.324 e. The minimum absolute atomic E-state index is 0.164. The summed E-state index contributed by atoms with van der Waals surface area (Å²) < 4.78 is 5.04. The Labute approximate surface area is 148 Å². The van der Waals surface area contributed by atoms with Crippen LogP contribution in [0.3, 0.4) is 0 Å². The molecule has 0 saturated heterocycles. The minimum atomic E-state index is -1.32. The van der Waals surface area contributed by atoms with E-state index in [1.165, 1.54) is 19.3 Å². The number of ketones is 2. The number of hydrogen-bond acceptors (Lipinski definition) is 4. The predicted molar refractivity (Wildman–Crippen MR) is 94.4 cm³/mol. The molecule has 1 aromatic carbocycles. The number of carbonyl (C=O) groups excluding carboxylic acids is 3. The molecule has 2 aliphatic carbocycles. The molecule has 4 nitrogen and oxygen atoms in total. The summed E-state index contributed by atoms with van der Waals surface area (Å²) in [6, 6.07) is 7.25. The zero-order valence-corrected chi connectivity index (χ0v) is 15.0. The first-order valence-corrected chi connectivity index (χ1v) is 9.33. The topological polar surface area (TPSA) is 60.4 Å². The van der Waals surface area contributed by atoms with Crippen molar-refractivity contribution in [3.63, 3.8) is 0 Å². The lowest BCUT2D eigenvalue weighted by Crippen LogP contribution is -2.50. The lowest BCUT2D eigenvalue weighted by Gasteiger charge is -2.39. The van der Waals surface area contributed by atoms with Gasteiger partial charge >= 0.3 is 5.97 Å². The van der Waals surface area contributed by atoms with Crippen molar-refractivity contribution in [1.82, 2.24) is 0 Å². The van der Waals surface area contributed by atoms with E-state index in [-0.39, 0.29) is 12.4 Å². The van der Waals surface area contributed by atoms with E-state index in [0.717, 1.165) is 18.4 Å². The molecule has 2 atom stereocenters. The number of rotatable bonds is 4. The van der Waals surface area contributed by atoms with Gasteiger partial charge in [-0.25, -0.2) is 0 Å². The average molecular weight is 342 g/mol. The molecular weight excluding hydrogens is 316 g/mol. The maximum Gasteiger partial charge on any atom is 0.324 e. The van der Waals surface area contributed by atoms with Gasteiger partial charge in [0.25, 0.3) is 0 Å². The SMILES string of the molecule is CCOC(=O)C1C(=O)c2ccccc2C(C)(CC2CCCCC2)C1=O. The van der Waals surface area contributed by atoms with E-state index in [9.17, 15) is 14.4 Å². The van der Waals surface area contributed by atoms with Gasteiger partial charge in [0.1, 0.15) is 0 Å². The first kappa shape index (κ1) is 17.8. The van der Waals surface area contributed by atoms with Gasteiger partial charge in [-0.2, -0.15) is 0 Å². The van der Waals surface area contributed by atoms with Crippen molar-refractivity contribution in [3.05, 3.63) is 35.4 Å². The minimum Gasteiger partial charge on any atom is -0.465 e. The fourth-order valence-electron chi connectivity index (χ4n) is 4.52. The quantitative estimate of drug-likeness (QED) is 0.616. The number of esters is 1. The third kappa shape index (κ3) is 3.14. The van der Waals surface area contributed by atoms with Crippen molar-refractivity contribution in [1.29, 1.82) is 0 Å². The number of carbonyl (C=O) groups is 3. The van der Waals surface area contributed by atoms with Crippen LogP contribution >= 0.6 is 0 Å². The monoisotopic (exact) mass is 342 g/mol. The molecule has 25 heavy (non-hydrogen) atoms. The molecule has 134 valence electrons. The fourth-order valence-corrected chi connectivity index (χ4v) is 4.52. The molecule has 1 saturated carbocycles. The van der Waals surface area contributed by atoms with Gasteiger partial charge in [-0.3, -0.25) is 14.4 Å². The summed E-state index contributed by atoms with van der Waals surface area (Å²) >= 11 is 0. The lowest BCUT2D eigenvalue weighted by atomic mass is 9.61. The maximum absolute atomic E-state index is 13.3. The van der Waals surface area contributed by atoms with Crippen LogP contribution in [0, 0.1) is 11.8 Å². The van der Waals surface area contributed by atoms with Crippen LogP contribution in [0.15, 0.2) is 24.3 Å². The van der Waals surface area contributed by atoms with Gasteiger partial charge in [0, 0.05) is 5.56 Å². The lowest BCUT2D eigenvalue weighted by molar-refractivity contribution is -0.151. The summed E-state index contributed by atoms with van der Waals surface area (Å²) in [7, 11) is 0. The van der Waals surface area contributed by atoms with E-state index < -0.39 is 23.1 Å². The molecule has 2 unspecified atom stereocenters. The van der Waals surface area contributed by atoms with Crippen LogP contribution in [-0.4, -0.2) is 24.1 Å². The molecule has 0 bridgehead atoms. The molecule has 0 amide bonds. The zero-order chi connectivity index (χ0) is 18.0. The highest BCUT2D eigenvalue weighted by atomic mass is 16.5. The largest absolute Gasteiger partial charge is 0.465 e. The standard InChI is InChI=1S/C21H26O4/c1-3-25-20(24)17-18(22)15-11-7-8-12-16(15)21(2,19(17)23)13-14-9-5-4-6-10-14/h7-8,11-12,14,17H,3-6,9-10,13H2,1-2H3. The Morgan fingerprint density at radius 2 is 1.84 bits per heavy atom. The predicted octanol–water partition coefficient (Wildman–Crippen LogP) is 3.86. The summed E-state index contributed by atoms with van der Waals surface area (Å²) in [5.41, 5.74) is 0.471. The van der Waals surface area contributed by atoms with Gasteiger partial charge in [-0.15, -0.1) is 0 Å². The van der Waals surface area contributed by atoms with Crippen LogP contribution in [0.2, 0.25) is 0 Å². The number of benzene rings is 1. The highest BCUT2D eigenvalue weighted by Gasteiger charge is 2.52. The van der Waals surface area contributed by atoms with Gasteiger partial charge < -0.3 is 4.74 Å². The Balaban J connectivity index is 2.02. The van der Waals surface area contributed by atoms with E-state index in [0.29, 0.717) is 17.9 Å². The van der Waals surface area contributed by atoms with Crippen molar-refractivity contribution >= 4 is 17.5 Å². The van der Waals surface area contributed by atoms with E-state index in [1.54, 1.807) is 19.1 Å². The molecule has 1 aromatic rings. The van der Waals surface area contributed by atoms with Crippen molar-refractivity contribution in [2.24, 2.45) is 11.8 Å². The molecule has 0 aromatic heterocycles. The maximum atomic E-state index is 13.3. The Kier molecular flexibility index (Phi) is 5.07. The highest BCUT2D eigenvalue weighted by molar-refractivity contribution is 6.28. The van der Waals surface area contributed by atoms with Gasteiger partial charge in [0.15, 0.2) is 17.5 Å². The van der Waals surface area contributed by atoms with Gasteiger partial charge in [0.05, 0.1) is 12.0 Å². The average Bonchev–Trinajstić information content (AvgIpc) is 2.62. The van der Waals surface area contributed by atoms with Crippen molar-refractivity contribution < 1.29 is 19.1 Å². The molecule has 0 spiro atoms. The molecule has 3 rings (SSSR count). The van der Waals surface area contributed by atoms with E-state index in [1.807, 2.05) is 19.1 Å². The molecule has 0 N–H and O–H groups in total. The molecule has 0 aliphatic heterocycles. The third-order valence-corrected chi connectivity index (χ3v) is 5.80. The van der Waals surface area contributed by atoms with Crippen LogP contribution in [0.1, 0.15) is 68.3 Å². The second-order valence-electron chi connectivity index (χ2n) is 7.50. The molecule has 1 fully saturated rings. The van der Waals surface area contributed by atoms with E-state index in [4.69, 9.17) is 4.74 Å². The molecule has 0 heterocycles. The van der Waals surface area contributed by atoms with Gasteiger partial charge in [-0.05, 0) is 31.7 Å². The third-order valence-electron chi connectivity index (χ3n) is 5.80. The van der Waals surface area contributed by atoms with E-state index in [2.05, 4.69) is 0 Å². The Hall–Kier alpha value is -1.97. The first-order chi connectivity index (χ1) is 12.0. The number of fused-ring (bicyclic) bond motifs is 1. The molecule has 0 radical (unpaired) electrons. The second-order valence-corrected chi connectivity index (χ2v) is 7.50. The van der Waals surface area contributed by atoms with Crippen molar-refractivity contribution in [2.75, 3.05) is 6.61 Å². The van der Waals surface area contributed by atoms with Crippen LogP contribution in [0.4, 0.5) is 0 Å².